The Labute approximate surface area is 145 Å². The van der Waals surface area contributed by atoms with E-state index in [-0.39, 0.29) is 5.56 Å². The first-order valence-electron chi connectivity index (χ1n) is 7.74. The van der Waals surface area contributed by atoms with Crippen molar-refractivity contribution in [1.29, 1.82) is 0 Å². The number of aryl methyl sites for hydroxylation is 1. The van der Waals surface area contributed by atoms with Gasteiger partial charge in [-0.3, -0.25) is 9.36 Å². The second kappa shape index (κ2) is 6.80. The summed E-state index contributed by atoms with van der Waals surface area (Å²) in [5, 5.41) is 7.32. The maximum absolute atomic E-state index is 12.8. The highest BCUT2D eigenvalue weighted by atomic mass is 32.1. The second-order valence-electron chi connectivity index (χ2n) is 5.35. The minimum absolute atomic E-state index is 0.0676. The molecule has 5 nitrogen and oxygen atoms in total. The Balaban J connectivity index is 1.99. The zero-order valence-electron chi connectivity index (χ0n) is 13.5. The van der Waals surface area contributed by atoms with Crippen LogP contribution in [0.4, 0.5) is 5.69 Å². The minimum atomic E-state index is -0.0676. The molecule has 24 heavy (non-hydrogen) atoms. The lowest BCUT2D eigenvalue weighted by atomic mass is 10.2. The van der Waals surface area contributed by atoms with Crippen molar-refractivity contribution in [2.45, 2.75) is 13.8 Å². The molecule has 122 valence electrons. The maximum Gasteiger partial charge on any atom is 0.265 e. The molecule has 0 radical (unpaired) electrons. The van der Waals surface area contributed by atoms with Gasteiger partial charge in [-0.15, -0.1) is 0 Å². The molecule has 3 aromatic rings. The van der Waals surface area contributed by atoms with Gasteiger partial charge < -0.3 is 10.6 Å². The van der Waals surface area contributed by atoms with Crippen molar-refractivity contribution in [2.24, 2.45) is 0 Å². The zero-order chi connectivity index (χ0) is 17.1. The number of benzene rings is 2. The van der Waals surface area contributed by atoms with Crippen LogP contribution in [0.15, 0.2) is 53.3 Å². The summed E-state index contributed by atoms with van der Waals surface area (Å²) in [5.74, 6) is 0.655. The molecule has 2 N–H and O–H groups in total. The maximum atomic E-state index is 12.8. The van der Waals surface area contributed by atoms with Crippen LogP contribution in [0.5, 0.6) is 0 Å². The normalized spacial score (nSPS) is 10.6. The molecule has 3 rings (SSSR count). The van der Waals surface area contributed by atoms with Crippen LogP contribution in [0, 0.1) is 6.92 Å². The second-order valence-corrected chi connectivity index (χ2v) is 5.76. The number of hydrogen-bond acceptors (Lipinski definition) is 3. The predicted molar refractivity (Wildman–Crippen MR) is 102 cm³/mol. The third-order valence-electron chi connectivity index (χ3n) is 3.66. The summed E-state index contributed by atoms with van der Waals surface area (Å²) in [6.07, 6.45) is 0. The van der Waals surface area contributed by atoms with Crippen LogP contribution in [0.25, 0.3) is 16.6 Å². The van der Waals surface area contributed by atoms with Crippen LogP contribution in [0.3, 0.4) is 0 Å². The van der Waals surface area contributed by atoms with E-state index in [4.69, 9.17) is 12.2 Å². The van der Waals surface area contributed by atoms with Gasteiger partial charge in [0, 0.05) is 12.2 Å². The number of thiocarbonyl (C=S) groups is 1. The van der Waals surface area contributed by atoms with E-state index >= 15 is 0 Å². The Morgan fingerprint density at radius 3 is 2.58 bits per heavy atom. The molecule has 0 saturated carbocycles. The summed E-state index contributed by atoms with van der Waals surface area (Å²) >= 11 is 5.17. The zero-order valence-corrected chi connectivity index (χ0v) is 14.4. The van der Waals surface area contributed by atoms with Gasteiger partial charge in [0.15, 0.2) is 5.11 Å². The number of nitrogens with one attached hydrogen (secondary N) is 2. The monoisotopic (exact) mass is 338 g/mol. The van der Waals surface area contributed by atoms with Gasteiger partial charge in [-0.25, -0.2) is 4.98 Å². The van der Waals surface area contributed by atoms with Crippen LogP contribution in [-0.2, 0) is 0 Å². The lowest BCUT2D eigenvalue weighted by Crippen LogP contribution is -2.27. The van der Waals surface area contributed by atoms with Gasteiger partial charge in [-0.05, 0) is 62.5 Å². The van der Waals surface area contributed by atoms with Crippen LogP contribution in [0.2, 0.25) is 0 Å². The van der Waals surface area contributed by atoms with Gasteiger partial charge in [0.2, 0.25) is 0 Å². The molecule has 0 atom stereocenters. The number of para-hydroxylation sites is 1. The highest BCUT2D eigenvalue weighted by Crippen LogP contribution is 2.15. The van der Waals surface area contributed by atoms with Gasteiger partial charge in [0.1, 0.15) is 5.82 Å². The molecule has 0 aliphatic heterocycles. The first-order valence-corrected chi connectivity index (χ1v) is 8.14. The first-order chi connectivity index (χ1) is 11.6. The average Bonchev–Trinajstić information content (AvgIpc) is 2.56. The molecule has 0 aliphatic carbocycles. The Bertz CT molecular complexity index is 947. The minimum Gasteiger partial charge on any atom is -0.363 e. The summed E-state index contributed by atoms with van der Waals surface area (Å²) < 4.78 is 1.62. The van der Waals surface area contributed by atoms with E-state index in [1.807, 2.05) is 56.3 Å². The molecular formula is C18H18N4OS. The lowest BCUT2D eigenvalue weighted by molar-refractivity contribution is 0.895. The molecule has 2 aromatic carbocycles. The van der Waals surface area contributed by atoms with Gasteiger partial charge >= 0.3 is 0 Å². The Kier molecular flexibility index (Phi) is 4.57. The van der Waals surface area contributed by atoms with Gasteiger partial charge in [0.05, 0.1) is 16.6 Å². The fourth-order valence-electron chi connectivity index (χ4n) is 2.58. The molecule has 1 heterocycles. The number of nitrogens with zero attached hydrogens (tertiary/aromatic N) is 2. The average molecular weight is 338 g/mol. The van der Waals surface area contributed by atoms with Crippen LogP contribution >= 0.6 is 12.2 Å². The summed E-state index contributed by atoms with van der Waals surface area (Å²) in [5.41, 5.74) is 2.28. The van der Waals surface area contributed by atoms with E-state index in [9.17, 15) is 4.79 Å². The number of rotatable bonds is 3. The van der Waals surface area contributed by atoms with Crippen LogP contribution < -0.4 is 16.2 Å². The number of fused-ring (bicyclic) bond motifs is 1. The van der Waals surface area contributed by atoms with E-state index in [0.717, 1.165) is 17.9 Å². The third-order valence-corrected chi connectivity index (χ3v) is 3.91. The Hall–Kier alpha value is -2.73. The fourth-order valence-corrected chi connectivity index (χ4v) is 2.84. The molecule has 0 unspecified atom stereocenters. The first kappa shape index (κ1) is 16.1. The molecule has 0 spiro atoms. The number of aromatic nitrogens is 2. The van der Waals surface area contributed by atoms with E-state index < -0.39 is 0 Å². The summed E-state index contributed by atoms with van der Waals surface area (Å²) in [6, 6.07) is 14.9. The van der Waals surface area contributed by atoms with Crippen molar-refractivity contribution in [1.82, 2.24) is 14.9 Å². The highest BCUT2D eigenvalue weighted by molar-refractivity contribution is 7.80. The number of anilines is 1. The molecule has 0 fully saturated rings. The Morgan fingerprint density at radius 2 is 1.88 bits per heavy atom. The molecule has 1 aromatic heterocycles. The van der Waals surface area contributed by atoms with Crippen molar-refractivity contribution in [3.8, 4) is 5.69 Å². The molecular weight excluding hydrogens is 320 g/mol. The quantitative estimate of drug-likeness (QED) is 0.719. The van der Waals surface area contributed by atoms with Gasteiger partial charge in [0.25, 0.3) is 5.56 Å². The van der Waals surface area contributed by atoms with E-state index in [1.54, 1.807) is 10.6 Å². The molecule has 0 amide bonds. The third kappa shape index (κ3) is 3.14. The van der Waals surface area contributed by atoms with Crippen molar-refractivity contribution < 1.29 is 0 Å². The largest absolute Gasteiger partial charge is 0.363 e. The molecule has 6 heteroatoms. The van der Waals surface area contributed by atoms with Gasteiger partial charge in [-0.1, -0.05) is 12.1 Å². The fraction of sp³-hybridized carbons (Fsp3) is 0.167. The van der Waals surface area contributed by atoms with Gasteiger partial charge in [-0.2, -0.15) is 0 Å². The molecule has 0 saturated heterocycles. The van der Waals surface area contributed by atoms with E-state index in [1.165, 1.54) is 0 Å². The molecule has 0 bridgehead atoms. The van der Waals surface area contributed by atoms with Crippen molar-refractivity contribution in [3.63, 3.8) is 0 Å². The van der Waals surface area contributed by atoms with Crippen molar-refractivity contribution >= 4 is 33.9 Å². The standard InChI is InChI=1S/C18H18N4OS/c1-3-19-18(24)21-13-8-10-14(11-9-13)22-12(2)20-16-7-5-4-6-15(16)17(22)23/h4-11H,3H2,1-2H3,(H2,19,21,24). The summed E-state index contributed by atoms with van der Waals surface area (Å²) in [6.45, 7) is 4.58. The van der Waals surface area contributed by atoms with Crippen molar-refractivity contribution in [3.05, 3.63) is 64.7 Å². The highest BCUT2D eigenvalue weighted by Gasteiger charge is 2.09. The topological polar surface area (TPSA) is 58.9 Å². The van der Waals surface area contributed by atoms with Crippen LogP contribution in [0.1, 0.15) is 12.7 Å². The SMILES string of the molecule is CCNC(=S)Nc1ccc(-n2c(C)nc3ccccc3c2=O)cc1. The lowest BCUT2D eigenvalue weighted by Gasteiger charge is -2.12. The van der Waals surface area contributed by atoms with Crippen molar-refractivity contribution in [2.75, 3.05) is 11.9 Å². The predicted octanol–water partition coefficient (Wildman–Crippen LogP) is 3.00. The summed E-state index contributed by atoms with van der Waals surface area (Å²) in [7, 11) is 0. The molecule has 0 aliphatic rings. The number of hydrogen-bond donors (Lipinski definition) is 2. The summed E-state index contributed by atoms with van der Waals surface area (Å²) in [4.78, 5) is 17.3. The van der Waals surface area contributed by atoms with E-state index in [2.05, 4.69) is 15.6 Å². The van der Waals surface area contributed by atoms with E-state index in [0.29, 0.717) is 21.8 Å². The Morgan fingerprint density at radius 1 is 1.17 bits per heavy atom. The van der Waals surface area contributed by atoms with Crippen LogP contribution in [-0.4, -0.2) is 21.2 Å². The smallest absolute Gasteiger partial charge is 0.265 e.